The molecule has 0 bridgehead atoms. The summed E-state index contributed by atoms with van der Waals surface area (Å²) in [5, 5.41) is 8.00. The average Bonchev–Trinajstić information content (AvgIpc) is 2.35. The fourth-order valence-corrected chi connectivity index (χ4v) is 2.61. The third-order valence-electron chi connectivity index (χ3n) is 2.25. The fraction of sp³-hybridized carbons (Fsp3) is 0.364. The molecule has 0 saturated heterocycles. The molecular weight excluding hydrogens is 242 g/mol. The highest BCUT2D eigenvalue weighted by atomic mass is 32.2. The topological polar surface area (TPSA) is 89.6 Å². The summed E-state index contributed by atoms with van der Waals surface area (Å²) in [6.07, 6.45) is 0.188. The predicted molar refractivity (Wildman–Crippen MR) is 64.5 cm³/mol. The number of ether oxygens (including phenoxy) is 1. The minimum atomic E-state index is -1.60. The predicted octanol–water partition coefficient (Wildman–Crippen LogP) is 0.605. The molecule has 3 N–H and O–H groups in total. The van der Waals surface area contributed by atoms with E-state index >= 15 is 0 Å². The number of nitrogens with two attached hydrogens (primary N) is 1. The van der Waals surface area contributed by atoms with Gasteiger partial charge in [-0.3, -0.25) is 9.00 Å². The van der Waals surface area contributed by atoms with E-state index in [2.05, 4.69) is 0 Å². The zero-order valence-corrected chi connectivity index (χ0v) is 10.3. The zero-order valence-electron chi connectivity index (χ0n) is 9.46. The van der Waals surface area contributed by atoms with E-state index in [9.17, 15) is 9.00 Å². The summed E-state index contributed by atoms with van der Waals surface area (Å²) < 4.78 is 17.0. The van der Waals surface area contributed by atoms with E-state index in [4.69, 9.17) is 15.6 Å². The standard InChI is InChI=1S/C11H15NO4S/c1-16-8-2-4-9(5-3-8)17(15)10(6-7-12)11(13)14/h2-5,10H,6-7,12H2,1H3,(H,13,14). The fourth-order valence-electron chi connectivity index (χ4n) is 1.35. The normalized spacial score (nSPS) is 14.0. The first-order chi connectivity index (χ1) is 8.10. The first kappa shape index (κ1) is 13.7. The third kappa shape index (κ3) is 3.54. The first-order valence-electron chi connectivity index (χ1n) is 5.07. The summed E-state index contributed by atoms with van der Waals surface area (Å²) in [5.41, 5.74) is 5.31. The molecule has 0 radical (unpaired) electrons. The molecule has 0 amide bonds. The highest BCUT2D eigenvalue weighted by Crippen LogP contribution is 2.18. The van der Waals surface area contributed by atoms with Gasteiger partial charge in [0.2, 0.25) is 0 Å². The Bertz CT molecular complexity index is 404. The number of hydrogen-bond donors (Lipinski definition) is 2. The van der Waals surface area contributed by atoms with E-state index in [0.717, 1.165) is 0 Å². The molecule has 17 heavy (non-hydrogen) atoms. The Kier molecular flexibility index (Phi) is 5.11. The number of rotatable bonds is 6. The number of carboxylic acids is 1. The van der Waals surface area contributed by atoms with Crippen LogP contribution in [-0.2, 0) is 15.6 Å². The Labute approximate surface area is 102 Å². The van der Waals surface area contributed by atoms with Crippen LogP contribution in [-0.4, -0.2) is 34.2 Å². The minimum Gasteiger partial charge on any atom is -0.497 e. The summed E-state index contributed by atoms with van der Waals surface area (Å²) in [7, 11) is -0.0683. The summed E-state index contributed by atoms with van der Waals surface area (Å²) in [5.74, 6) is -0.457. The smallest absolute Gasteiger partial charge is 0.319 e. The lowest BCUT2D eigenvalue weighted by Gasteiger charge is -2.11. The molecule has 2 unspecified atom stereocenters. The summed E-state index contributed by atoms with van der Waals surface area (Å²) in [6.45, 7) is 0.193. The maximum absolute atomic E-state index is 12.0. The molecule has 1 aromatic carbocycles. The van der Waals surface area contributed by atoms with Crippen molar-refractivity contribution in [2.24, 2.45) is 5.73 Å². The average molecular weight is 257 g/mol. The van der Waals surface area contributed by atoms with Crippen molar-refractivity contribution in [3.63, 3.8) is 0 Å². The molecule has 0 fully saturated rings. The van der Waals surface area contributed by atoms with Gasteiger partial charge in [0, 0.05) is 4.90 Å². The van der Waals surface area contributed by atoms with E-state index < -0.39 is 22.0 Å². The highest BCUT2D eigenvalue weighted by Gasteiger charge is 2.25. The molecule has 5 nitrogen and oxygen atoms in total. The van der Waals surface area contributed by atoms with Crippen molar-refractivity contribution in [3.05, 3.63) is 24.3 Å². The largest absolute Gasteiger partial charge is 0.497 e. The molecule has 0 aliphatic carbocycles. The van der Waals surface area contributed by atoms with Gasteiger partial charge in [0.25, 0.3) is 0 Å². The quantitative estimate of drug-likeness (QED) is 0.779. The second-order valence-electron chi connectivity index (χ2n) is 3.38. The monoisotopic (exact) mass is 257 g/mol. The van der Waals surface area contributed by atoms with Crippen LogP contribution in [0.4, 0.5) is 0 Å². The molecule has 6 heteroatoms. The van der Waals surface area contributed by atoms with Gasteiger partial charge in [-0.15, -0.1) is 0 Å². The van der Waals surface area contributed by atoms with E-state index in [1.165, 1.54) is 7.11 Å². The molecule has 0 heterocycles. The number of hydrogen-bond acceptors (Lipinski definition) is 4. The van der Waals surface area contributed by atoms with Crippen molar-refractivity contribution in [1.29, 1.82) is 0 Å². The number of carboxylic acid groups (broad SMARTS) is 1. The van der Waals surface area contributed by atoms with Crippen LogP contribution >= 0.6 is 0 Å². The van der Waals surface area contributed by atoms with Gasteiger partial charge < -0.3 is 15.6 Å². The van der Waals surface area contributed by atoms with Gasteiger partial charge in [-0.2, -0.15) is 0 Å². The summed E-state index contributed by atoms with van der Waals surface area (Å²) in [4.78, 5) is 11.4. The number of methoxy groups -OCH3 is 1. The van der Waals surface area contributed by atoms with Gasteiger partial charge >= 0.3 is 5.97 Å². The van der Waals surface area contributed by atoms with Gasteiger partial charge in [0.05, 0.1) is 17.9 Å². The molecule has 1 rings (SSSR count). The number of carbonyl (C=O) groups is 1. The summed E-state index contributed by atoms with van der Waals surface area (Å²) in [6, 6.07) is 6.49. The van der Waals surface area contributed by atoms with Gasteiger partial charge in [-0.1, -0.05) is 0 Å². The maximum atomic E-state index is 12.0. The molecule has 1 aromatic rings. The van der Waals surface area contributed by atoms with Crippen molar-refractivity contribution < 1.29 is 18.8 Å². The van der Waals surface area contributed by atoms with E-state index in [1.807, 2.05) is 0 Å². The van der Waals surface area contributed by atoms with Crippen LogP contribution in [0, 0.1) is 0 Å². The minimum absolute atomic E-state index is 0.188. The Morgan fingerprint density at radius 1 is 1.47 bits per heavy atom. The van der Waals surface area contributed by atoms with E-state index in [0.29, 0.717) is 10.6 Å². The second kappa shape index (κ2) is 6.36. The molecule has 0 aliphatic rings. The summed E-state index contributed by atoms with van der Waals surface area (Å²) >= 11 is 0. The third-order valence-corrected chi connectivity index (χ3v) is 3.95. The van der Waals surface area contributed by atoms with Crippen LogP contribution < -0.4 is 10.5 Å². The van der Waals surface area contributed by atoms with E-state index in [-0.39, 0.29) is 13.0 Å². The Morgan fingerprint density at radius 3 is 2.47 bits per heavy atom. The molecule has 0 aromatic heterocycles. The highest BCUT2D eigenvalue weighted by molar-refractivity contribution is 7.86. The van der Waals surface area contributed by atoms with Crippen molar-refractivity contribution in [2.75, 3.05) is 13.7 Å². The van der Waals surface area contributed by atoms with Crippen molar-refractivity contribution in [3.8, 4) is 5.75 Å². The van der Waals surface area contributed by atoms with Crippen molar-refractivity contribution in [1.82, 2.24) is 0 Å². The van der Waals surface area contributed by atoms with Crippen molar-refractivity contribution in [2.45, 2.75) is 16.6 Å². The second-order valence-corrected chi connectivity index (χ2v) is 5.01. The van der Waals surface area contributed by atoms with Gasteiger partial charge in [-0.05, 0) is 37.2 Å². The Morgan fingerprint density at radius 2 is 2.06 bits per heavy atom. The van der Waals surface area contributed by atoms with Gasteiger partial charge in [-0.25, -0.2) is 0 Å². The molecule has 94 valence electrons. The molecule has 0 saturated carbocycles. The van der Waals surface area contributed by atoms with Crippen LogP contribution in [0.1, 0.15) is 6.42 Å². The SMILES string of the molecule is COc1ccc(S(=O)C(CCN)C(=O)O)cc1. The zero-order chi connectivity index (χ0) is 12.8. The van der Waals surface area contributed by atoms with Crippen molar-refractivity contribution >= 4 is 16.8 Å². The Balaban J connectivity index is 2.89. The lowest BCUT2D eigenvalue weighted by atomic mass is 10.3. The van der Waals surface area contributed by atoms with E-state index in [1.54, 1.807) is 24.3 Å². The van der Waals surface area contributed by atoms with Crippen LogP contribution in [0.25, 0.3) is 0 Å². The Hall–Kier alpha value is -1.40. The first-order valence-corrected chi connectivity index (χ1v) is 6.29. The van der Waals surface area contributed by atoms with Crippen LogP contribution in [0.15, 0.2) is 29.2 Å². The van der Waals surface area contributed by atoms with Crippen LogP contribution in [0.2, 0.25) is 0 Å². The maximum Gasteiger partial charge on any atom is 0.319 e. The molecular formula is C11H15NO4S. The number of benzene rings is 1. The molecule has 0 spiro atoms. The van der Waals surface area contributed by atoms with Crippen LogP contribution in [0.3, 0.4) is 0 Å². The number of aliphatic carboxylic acids is 1. The molecule has 0 aliphatic heterocycles. The van der Waals surface area contributed by atoms with Gasteiger partial charge in [0.15, 0.2) is 0 Å². The van der Waals surface area contributed by atoms with Gasteiger partial charge in [0.1, 0.15) is 11.0 Å². The lowest BCUT2D eigenvalue weighted by molar-refractivity contribution is -0.136. The molecule has 2 atom stereocenters. The van der Waals surface area contributed by atoms with Crippen LogP contribution in [0.5, 0.6) is 5.75 Å². The lowest BCUT2D eigenvalue weighted by Crippen LogP contribution is -2.28.